The first kappa shape index (κ1) is 15.3. The number of β-lactam (4-membered cyclic amide) rings is 1. The molecule has 2 amide bonds. The van der Waals surface area contributed by atoms with E-state index in [4.69, 9.17) is 10.3 Å². The molecule has 0 aromatic carbocycles. The molecule has 1 fully saturated rings. The maximum atomic E-state index is 12.0. The van der Waals surface area contributed by atoms with Gasteiger partial charge in [0.05, 0.1) is 6.04 Å². The van der Waals surface area contributed by atoms with Crippen molar-refractivity contribution < 1.29 is 14.3 Å². The summed E-state index contributed by atoms with van der Waals surface area (Å²) in [6, 6.07) is -1.32. The summed E-state index contributed by atoms with van der Waals surface area (Å²) >= 11 is 0. The molecule has 0 N–H and O–H groups in total. The van der Waals surface area contributed by atoms with Crippen molar-refractivity contribution >= 4 is 12.0 Å². The van der Waals surface area contributed by atoms with Gasteiger partial charge in [0, 0.05) is 4.91 Å². The van der Waals surface area contributed by atoms with E-state index in [1.165, 1.54) is 0 Å². The van der Waals surface area contributed by atoms with E-state index in [0.717, 1.165) is 4.90 Å². The van der Waals surface area contributed by atoms with E-state index in [2.05, 4.69) is 10.0 Å². The molecule has 0 spiro atoms. The molecule has 0 aromatic heterocycles. The first-order chi connectivity index (χ1) is 8.49. The largest absolute Gasteiger partial charge is 0.443 e. The summed E-state index contributed by atoms with van der Waals surface area (Å²) in [5.74, 6) is -0.507. The van der Waals surface area contributed by atoms with Gasteiger partial charge in [-0.2, -0.15) is 0 Å². The number of ether oxygens (including phenoxy) is 1. The van der Waals surface area contributed by atoms with Gasteiger partial charge in [-0.15, -0.1) is 0 Å². The third-order valence-electron chi connectivity index (χ3n) is 2.72. The van der Waals surface area contributed by atoms with Gasteiger partial charge >= 0.3 is 6.09 Å². The van der Waals surface area contributed by atoms with Gasteiger partial charge in [0.1, 0.15) is 11.6 Å². The zero-order valence-corrected chi connectivity index (χ0v) is 12.2. The summed E-state index contributed by atoms with van der Waals surface area (Å²) in [6.45, 7) is 10.8. The predicted molar refractivity (Wildman–Crippen MR) is 69.3 cm³/mol. The third-order valence-corrected chi connectivity index (χ3v) is 2.72. The third kappa shape index (κ3) is 3.17. The molecular formula is C12H20N4O3. The molecule has 1 saturated heterocycles. The number of amides is 2. The summed E-state index contributed by atoms with van der Waals surface area (Å²) in [5, 5.41) is 3.47. The fourth-order valence-corrected chi connectivity index (χ4v) is 2.02. The quantitative estimate of drug-likeness (QED) is 0.316. The Morgan fingerprint density at radius 3 is 2.21 bits per heavy atom. The molecule has 2 atom stereocenters. The Labute approximate surface area is 112 Å². The summed E-state index contributed by atoms with van der Waals surface area (Å²) in [6.07, 6.45) is -0.693. The first-order valence-corrected chi connectivity index (χ1v) is 6.09. The number of likely N-dealkylation sites (tertiary alicyclic amines) is 1. The van der Waals surface area contributed by atoms with Gasteiger partial charge < -0.3 is 4.74 Å². The topological polar surface area (TPSA) is 95.4 Å². The van der Waals surface area contributed by atoms with Crippen molar-refractivity contribution in [3.63, 3.8) is 0 Å². The van der Waals surface area contributed by atoms with Gasteiger partial charge in [-0.3, -0.25) is 4.79 Å². The number of rotatable bonds is 1. The standard InChI is InChI=1S/C12H20N4O3/c1-11(2,3)8-7(14-15-13)9(17)16(8)10(18)19-12(4,5)6/h7-8H,1-6H3/t7-,8-/m1/s1. The van der Waals surface area contributed by atoms with E-state index in [0.29, 0.717) is 0 Å². The predicted octanol–water partition coefficient (Wildman–Crippen LogP) is 2.86. The second kappa shape index (κ2) is 4.74. The van der Waals surface area contributed by atoms with E-state index < -0.39 is 29.7 Å². The number of hydrogen-bond acceptors (Lipinski definition) is 4. The summed E-state index contributed by atoms with van der Waals surface area (Å²) < 4.78 is 5.20. The van der Waals surface area contributed by atoms with Crippen molar-refractivity contribution in [3.8, 4) is 0 Å². The molecule has 7 heteroatoms. The summed E-state index contributed by atoms with van der Waals surface area (Å²) in [7, 11) is 0. The molecule has 1 aliphatic heterocycles. The zero-order chi connectivity index (χ0) is 15.0. The molecule has 1 heterocycles. The highest BCUT2D eigenvalue weighted by molar-refractivity contribution is 6.02. The smallest absolute Gasteiger partial charge is 0.417 e. The van der Waals surface area contributed by atoms with Gasteiger partial charge in [0.15, 0.2) is 0 Å². The van der Waals surface area contributed by atoms with Crippen LogP contribution >= 0.6 is 0 Å². The molecule has 0 aliphatic carbocycles. The zero-order valence-electron chi connectivity index (χ0n) is 12.2. The molecule has 7 nitrogen and oxygen atoms in total. The van der Waals surface area contributed by atoms with Gasteiger partial charge in [-0.25, -0.2) is 9.69 Å². The number of hydrogen-bond donors (Lipinski definition) is 0. The number of carbonyl (C=O) groups is 2. The van der Waals surface area contributed by atoms with Crippen LogP contribution in [0, 0.1) is 5.41 Å². The normalized spacial score (nSPS) is 23.5. The van der Waals surface area contributed by atoms with E-state index in [9.17, 15) is 9.59 Å². The fraction of sp³-hybridized carbons (Fsp3) is 0.833. The molecule has 0 aromatic rings. The van der Waals surface area contributed by atoms with Crippen LogP contribution in [0.2, 0.25) is 0 Å². The molecule has 19 heavy (non-hydrogen) atoms. The Morgan fingerprint density at radius 2 is 1.84 bits per heavy atom. The van der Waals surface area contributed by atoms with Crippen molar-refractivity contribution in [2.45, 2.75) is 59.2 Å². The van der Waals surface area contributed by atoms with Crippen LogP contribution in [-0.2, 0) is 9.53 Å². The minimum Gasteiger partial charge on any atom is -0.443 e. The lowest BCUT2D eigenvalue weighted by Crippen LogP contribution is -2.70. The first-order valence-electron chi connectivity index (χ1n) is 6.09. The molecule has 0 bridgehead atoms. The fourth-order valence-electron chi connectivity index (χ4n) is 2.02. The highest BCUT2D eigenvalue weighted by Gasteiger charge is 2.56. The lowest BCUT2D eigenvalue weighted by Gasteiger charge is -2.49. The monoisotopic (exact) mass is 268 g/mol. The van der Waals surface area contributed by atoms with Crippen molar-refractivity contribution in [1.82, 2.24) is 4.90 Å². The van der Waals surface area contributed by atoms with Crippen LogP contribution < -0.4 is 0 Å². The molecule has 0 radical (unpaired) electrons. The Bertz CT molecular complexity index is 441. The van der Waals surface area contributed by atoms with Crippen LogP contribution in [0.1, 0.15) is 41.5 Å². The van der Waals surface area contributed by atoms with Crippen molar-refractivity contribution in [1.29, 1.82) is 0 Å². The van der Waals surface area contributed by atoms with Crippen LogP contribution in [0.25, 0.3) is 10.4 Å². The van der Waals surface area contributed by atoms with E-state index in [1.54, 1.807) is 20.8 Å². The number of carbonyl (C=O) groups excluding carboxylic acids is 2. The van der Waals surface area contributed by atoms with E-state index >= 15 is 0 Å². The number of nitrogens with zero attached hydrogens (tertiary/aromatic N) is 4. The SMILES string of the molecule is CC(C)(C)OC(=O)N1C(=O)[C@H](N=[N+]=[N-])[C@@H]1C(C)(C)C. The number of imide groups is 1. The van der Waals surface area contributed by atoms with Crippen molar-refractivity contribution in [2.75, 3.05) is 0 Å². The minimum atomic E-state index is -0.836. The Balaban J connectivity index is 2.98. The second-order valence-corrected chi connectivity index (χ2v) is 6.65. The van der Waals surface area contributed by atoms with Crippen molar-refractivity contribution in [2.24, 2.45) is 10.5 Å². The summed E-state index contributed by atoms with van der Waals surface area (Å²) in [5.41, 5.74) is 7.42. The van der Waals surface area contributed by atoms with Crippen LogP contribution in [0.5, 0.6) is 0 Å². The van der Waals surface area contributed by atoms with Gasteiger partial charge in [0.25, 0.3) is 0 Å². The lowest BCUT2D eigenvalue weighted by molar-refractivity contribution is -0.153. The van der Waals surface area contributed by atoms with E-state index in [1.807, 2.05) is 20.8 Å². The highest BCUT2D eigenvalue weighted by atomic mass is 16.6. The second-order valence-electron chi connectivity index (χ2n) is 6.65. The molecular weight excluding hydrogens is 248 g/mol. The van der Waals surface area contributed by atoms with Crippen LogP contribution in [-0.4, -0.2) is 34.6 Å². The Kier molecular flexibility index (Phi) is 3.82. The maximum absolute atomic E-state index is 12.0. The summed E-state index contributed by atoms with van der Waals surface area (Å²) in [4.78, 5) is 27.6. The van der Waals surface area contributed by atoms with Crippen LogP contribution in [0.4, 0.5) is 4.79 Å². The van der Waals surface area contributed by atoms with Gasteiger partial charge in [-0.1, -0.05) is 25.9 Å². The molecule has 106 valence electrons. The molecule has 0 saturated carbocycles. The van der Waals surface area contributed by atoms with E-state index in [-0.39, 0.29) is 5.41 Å². The average molecular weight is 268 g/mol. The molecule has 1 rings (SSSR count). The molecule has 0 unspecified atom stereocenters. The Hall–Kier alpha value is -1.75. The van der Waals surface area contributed by atoms with Crippen LogP contribution in [0.15, 0.2) is 5.11 Å². The highest BCUT2D eigenvalue weighted by Crippen LogP contribution is 2.37. The van der Waals surface area contributed by atoms with Crippen molar-refractivity contribution in [3.05, 3.63) is 10.4 Å². The molecule has 1 aliphatic rings. The Morgan fingerprint density at radius 1 is 1.32 bits per heavy atom. The average Bonchev–Trinajstić information content (AvgIpc) is 2.17. The minimum absolute atomic E-state index is 0.385. The number of azide groups is 1. The van der Waals surface area contributed by atoms with Crippen LogP contribution in [0.3, 0.4) is 0 Å². The van der Waals surface area contributed by atoms with Gasteiger partial charge in [-0.05, 0) is 31.7 Å². The maximum Gasteiger partial charge on any atom is 0.417 e. The lowest BCUT2D eigenvalue weighted by atomic mass is 9.76. The van der Waals surface area contributed by atoms with Gasteiger partial charge in [0.2, 0.25) is 5.91 Å².